The Morgan fingerprint density at radius 1 is 1.24 bits per heavy atom. The average molecular weight is 435 g/mol. The van der Waals surface area contributed by atoms with Gasteiger partial charge in [0.1, 0.15) is 0 Å². The summed E-state index contributed by atoms with van der Waals surface area (Å²) in [5, 5.41) is 7.38. The minimum Gasteiger partial charge on any atom is -0.388 e. The van der Waals surface area contributed by atoms with Crippen molar-refractivity contribution in [2.45, 2.75) is 63.7 Å². The molecule has 3 rings (SSSR count). The van der Waals surface area contributed by atoms with Gasteiger partial charge in [-0.2, -0.15) is 18.3 Å². The molecule has 2 atom stereocenters. The van der Waals surface area contributed by atoms with Crippen molar-refractivity contribution in [1.29, 1.82) is 0 Å². The quantitative estimate of drug-likeness (QED) is 0.690. The molecule has 2 N–H and O–H groups in total. The number of halogens is 3. The Balaban J connectivity index is 1.52. The van der Waals surface area contributed by atoms with E-state index >= 15 is 0 Å². The number of hydrogen-bond acceptors (Lipinski definition) is 4. The van der Waals surface area contributed by atoms with Crippen molar-refractivity contribution in [2.24, 2.45) is 11.8 Å². The fourth-order valence-corrected chi connectivity index (χ4v) is 5.14. The molecule has 29 heavy (non-hydrogen) atoms. The van der Waals surface area contributed by atoms with Crippen LogP contribution in [0, 0.1) is 11.8 Å². The number of alkyl halides is 3. The second-order valence-electron chi connectivity index (χ2n) is 7.99. The minimum absolute atomic E-state index is 0.0122. The highest BCUT2D eigenvalue weighted by Crippen LogP contribution is 2.42. The van der Waals surface area contributed by atoms with Crippen LogP contribution < -0.4 is 10.0 Å². The molecule has 0 spiro atoms. The first kappa shape index (κ1) is 22.1. The van der Waals surface area contributed by atoms with Gasteiger partial charge in [0.05, 0.1) is 17.7 Å². The third kappa shape index (κ3) is 5.97. The van der Waals surface area contributed by atoms with E-state index in [-0.39, 0.29) is 24.6 Å². The van der Waals surface area contributed by atoms with Crippen molar-refractivity contribution >= 4 is 10.0 Å². The zero-order chi connectivity index (χ0) is 21.1. The number of nitrogens with one attached hydrogen (secondary N) is 2. The predicted molar refractivity (Wildman–Crippen MR) is 104 cm³/mol. The molecule has 1 heterocycles. The Kier molecular flexibility index (Phi) is 6.93. The smallest absolute Gasteiger partial charge is 0.388 e. The van der Waals surface area contributed by atoms with Gasteiger partial charge in [0.25, 0.3) is 0 Å². The van der Waals surface area contributed by atoms with Crippen LogP contribution in [0.2, 0.25) is 0 Å². The molecule has 6 nitrogen and oxygen atoms in total. The summed E-state index contributed by atoms with van der Waals surface area (Å²) in [4.78, 5) is 0. The summed E-state index contributed by atoms with van der Waals surface area (Å²) >= 11 is 0. The van der Waals surface area contributed by atoms with Crippen LogP contribution in [0.25, 0.3) is 0 Å². The van der Waals surface area contributed by atoms with Crippen LogP contribution in [0.5, 0.6) is 0 Å². The van der Waals surface area contributed by atoms with E-state index in [2.05, 4.69) is 15.1 Å². The molecule has 1 saturated carbocycles. The SMILES string of the molecule is CCS(=O)(=O)NC1CCC(CNC2=CCC(C(F)(F)F)C(n3cccn3)C2)CC1. The van der Waals surface area contributed by atoms with E-state index in [1.807, 2.05) is 0 Å². The van der Waals surface area contributed by atoms with Crippen LogP contribution in [0.3, 0.4) is 0 Å². The lowest BCUT2D eigenvalue weighted by atomic mass is 9.85. The Hall–Kier alpha value is -1.55. The van der Waals surface area contributed by atoms with Crippen molar-refractivity contribution in [2.75, 3.05) is 12.3 Å². The number of sulfonamides is 1. The number of allylic oxidation sites excluding steroid dienone is 2. The number of aromatic nitrogens is 2. The van der Waals surface area contributed by atoms with E-state index < -0.39 is 28.2 Å². The maximum Gasteiger partial charge on any atom is 0.394 e. The van der Waals surface area contributed by atoms with Gasteiger partial charge < -0.3 is 5.32 Å². The summed E-state index contributed by atoms with van der Waals surface area (Å²) in [6, 6.07) is 0.892. The molecule has 10 heteroatoms. The number of rotatable bonds is 7. The maximum atomic E-state index is 13.4. The molecular weight excluding hydrogens is 405 g/mol. The fraction of sp³-hybridized carbons (Fsp3) is 0.737. The molecule has 2 aliphatic rings. The van der Waals surface area contributed by atoms with Gasteiger partial charge in [0.2, 0.25) is 10.0 Å². The van der Waals surface area contributed by atoms with Gasteiger partial charge in [-0.1, -0.05) is 6.08 Å². The molecule has 1 aromatic heterocycles. The summed E-state index contributed by atoms with van der Waals surface area (Å²) in [6.45, 7) is 2.32. The third-order valence-electron chi connectivity index (χ3n) is 5.99. The number of nitrogens with zero attached hydrogens (tertiary/aromatic N) is 2. The first-order valence-electron chi connectivity index (χ1n) is 10.2. The fourth-order valence-electron chi connectivity index (χ4n) is 4.23. The van der Waals surface area contributed by atoms with Gasteiger partial charge in [-0.3, -0.25) is 4.68 Å². The van der Waals surface area contributed by atoms with Gasteiger partial charge in [0, 0.05) is 37.1 Å². The van der Waals surface area contributed by atoms with Crippen LogP contribution in [0.4, 0.5) is 13.2 Å². The van der Waals surface area contributed by atoms with Crippen LogP contribution in [-0.4, -0.2) is 42.7 Å². The normalized spacial score (nSPS) is 28.8. The molecule has 0 radical (unpaired) electrons. The van der Waals surface area contributed by atoms with Gasteiger partial charge in [-0.15, -0.1) is 0 Å². The summed E-state index contributed by atoms with van der Waals surface area (Å²) in [6.07, 6.45) is 4.08. The van der Waals surface area contributed by atoms with Gasteiger partial charge in [0.15, 0.2) is 0 Å². The topological polar surface area (TPSA) is 76.0 Å². The second-order valence-corrected chi connectivity index (χ2v) is 10.0. The largest absolute Gasteiger partial charge is 0.394 e. The van der Waals surface area contributed by atoms with Crippen LogP contribution >= 0.6 is 0 Å². The minimum atomic E-state index is -4.26. The molecule has 0 amide bonds. The summed E-state index contributed by atoms with van der Waals surface area (Å²) < 4.78 is 67.8. The Bertz CT molecular complexity index is 785. The average Bonchev–Trinajstić information content (AvgIpc) is 3.21. The third-order valence-corrected chi connectivity index (χ3v) is 7.44. The molecule has 1 fully saturated rings. The first-order chi connectivity index (χ1) is 13.7. The monoisotopic (exact) mass is 434 g/mol. The molecule has 164 valence electrons. The molecule has 2 unspecified atom stereocenters. The molecule has 2 aliphatic carbocycles. The Morgan fingerprint density at radius 2 is 1.97 bits per heavy atom. The van der Waals surface area contributed by atoms with Crippen molar-refractivity contribution in [3.05, 3.63) is 30.2 Å². The molecule has 0 saturated heterocycles. The summed E-state index contributed by atoms with van der Waals surface area (Å²) in [5.41, 5.74) is 0.833. The zero-order valence-corrected chi connectivity index (χ0v) is 17.3. The predicted octanol–water partition coefficient (Wildman–Crippen LogP) is 3.37. The zero-order valence-electron chi connectivity index (χ0n) is 16.5. The van der Waals surface area contributed by atoms with Crippen LogP contribution in [0.1, 0.15) is 51.5 Å². The first-order valence-corrected chi connectivity index (χ1v) is 11.8. The van der Waals surface area contributed by atoms with E-state index in [1.54, 1.807) is 25.3 Å². The van der Waals surface area contributed by atoms with E-state index in [0.29, 0.717) is 12.5 Å². The molecule has 1 aromatic rings. The van der Waals surface area contributed by atoms with Crippen LogP contribution in [0.15, 0.2) is 30.2 Å². The van der Waals surface area contributed by atoms with Crippen LogP contribution in [-0.2, 0) is 10.0 Å². The maximum absolute atomic E-state index is 13.4. The molecule has 0 aliphatic heterocycles. The van der Waals surface area contributed by atoms with Crippen molar-refractivity contribution in [3.8, 4) is 0 Å². The highest BCUT2D eigenvalue weighted by atomic mass is 32.2. The van der Waals surface area contributed by atoms with E-state index in [4.69, 9.17) is 0 Å². The summed E-state index contributed by atoms with van der Waals surface area (Å²) in [5.74, 6) is -0.962. The molecule has 0 bridgehead atoms. The number of hydrogen-bond donors (Lipinski definition) is 2. The van der Waals surface area contributed by atoms with E-state index in [9.17, 15) is 21.6 Å². The Labute approximate surface area is 170 Å². The molecule has 0 aromatic carbocycles. The lowest BCUT2D eigenvalue weighted by molar-refractivity contribution is -0.187. The highest BCUT2D eigenvalue weighted by Gasteiger charge is 2.46. The van der Waals surface area contributed by atoms with Gasteiger partial charge >= 0.3 is 6.18 Å². The van der Waals surface area contributed by atoms with Gasteiger partial charge in [-0.25, -0.2) is 13.1 Å². The summed E-state index contributed by atoms with van der Waals surface area (Å²) in [7, 11) is -3.19. The molecular formula is C19H29F3N4O2S. The van der Waals surface area contributed by atoms with Crippen molar-refractivity contribution in [3.63, 3.8) is 0 Å². The van der Waals surface area contributed by atoms with Crippen molar-refractivity contribution < 1.29 is 21.6 Å². The second kappa shape index (κ2) is 9.07. The standard InChI is InChI=1S/C19H29F3N4O2S/c1-2-29(27,28)25-15-6-4-14(5-7-15)13-23-16-8-9-17(19(20,21)22)18(12-16)26-11-3-10-24-26/h3,8,10-11,14-15,17-18,23,25H,2,4-7,9,12-13H2,1H3. The Morgan fingerprint density at radius 3 is 2.55 bits per heavy atom. The van der Waals surface area contributed by atoms with Gasteiger partial charge in [-0.05, 0) is 51.0 Å². The van der Waals surface area contributed by atoms with E-state index in [0.717, 1.165) is 31.4 Å². The van der Waals surface area contributed by atoms with Crippen molar-refractivity contribution in [1.82, 2.24) is 19.8 Å². The lowest BCUT2D eigenvalue weighted by Crippen LogP contribution is -2.40. The van der Waals surface area contributed by atoms with E-state index in [1.165, 1.54) is 10.9 Å². The highest BCUT2D eigenvalue weighted by molar-refractivity contribution is 7.89. The lowest BCUT2D eigenvalue weighted by Gasteiger charge is -2.34.